The zero-order valence-corrected chi connectivity index (χ0v) is 13.4. The van der Waals surface area contributed by atoms with Gasteiger partial charge in [-0.3, -0.25) is 4.90 Å². The first-order valence-electron chi connectivity index (χ1n) is 6.93. The number of H-pyrrole nitrogens is 1. The maximum atomic E-state index is 4.78. The second-order valence-electron chi connectivity index (χ2n) is 5.25. The van der Waals surface area contributed by atoms with Gasteiger partial charge >= 0.3 is 0 Å². The Balaban J connectivity index is 2.04. The SMILES string of the molecule is CCCN(C)Cc1nc2c(ccc3cc(Br)ccc32)[nH]1. The number of hydrogen-bond acceptors (Lipinski definition) is 2. The van der Waals surface area contributed by atoms with Crippen LogP contribution in [-0.4, -0.2) is 28.5 Å². The maximum Gasteiger partial charge on any atom is 0.121 e. The molecule has 0 aliphatic heterocycles. The van der Waals surface area contributed by atoms with Crippen LogP contribution in [0, 0.1) is 0 Å². The molecule has 0 amide bonds. The van der Waals surface area contributed by atoms with Gasteiger partial charge < -0.3 is 4.98 Å². The van der Waals surface area contributed by atoms with E-state index < -0.39 is 0 Å². The fraction of sp³-hybridized carbons (Fsp3) is 0.312. The average molecular weight is 332 g/mol. The van der Waals surface area contributed by atoms with E-state index in [1.54, 1.807) is 0 Å². The Morgan fingerprint density at radius 2 is 2.10 bits per heavy atom. The van der Waals surface area contributed by atoms with Crippen molar-refractivity contribution in [2.75, 3.05) is 13.6 Å². The molecule has 3 rings (SSSR count). The minimum atomic E-state index is 0.862. The average Bonchev–Trinajstić information content (AvgIpc) is 2.81. The Morgan fingerprint density at radius 1 is 1.25 bits per heavy atom. The summed E-state index contributed by atoms with van der Waals surface area (Å²) in [7, 11) is 2.13. The van der Waals surface area contributed by atoms with Crippen LogP contribution in [0.5, 0.6) is 0 Å². The summed E-state index contributed by atoms with van der Waals surface area (Å²) in [5, 5.41) is 2.41. The van der Waals surface area contributed by atoms with Crippen molar-refractivity contribution in [2.24, 2.45) is 0 Å². The molecule has 0 aliphatic carbocycles. The minimum Gasteiger partial charge on any atom is -0.341 e. The van der Waals surface area contributed by atoms with Crippen LogP contribution in [0.2, 0.25) is 0 Å². The summed E-state index contributed by atoms with van der Waals surface area (Å²) in [6, 6.07) is 10.6. The summed E-state index contributed by atoms with van der Waals surface area (Å²) in [5.41, 5.74) is 2.18. The molecule has 0 saturated carbocycles. The summed E-state index contributed by atoms with van der Waals surface area (Å²) in [5.74, 6) is 1.03. The van der Waals surface area contributed by atoms with Crippen molar-refractivity contribution < 1.29 is 0 Å². The molecule has 1 N–H and O–H groups in total. The number of nitrogens with zero attached hydrogens (tertiary/aromatic N) is 2. The molecule has 0 spiro atoms. The molecule has 1 aromatic heterocycles. The molecule has 104 valence electrons. The molecule has 0 radical (unpaired) electrons. The fourth-order valence-electron chi connectivity index (χ4n) is 2.62. The normalized spacial score (nSPS) is 11.8. The lowest BCUT2D eigenvalue weighted by molar-refractivity contribution is 0.320. The van der Waals surface area contributed by atoms with Crippen LogP contribution in [0.25, 0.3) is 21.8 Å². The molecule has 0 saturated heterocycles. The summed E-state index contributed by atoms with van der Waals surface area (Å²) >= 11 is 3.52. The summed E-state index contributed by atoms with van der Waals surface area (Å²) in [6.45, 7) is 4.14. The lowest BCUT2D eigenvalue weighted by Gasteiger charge is -2.12. The van der Waals surface area contributed by atoms with Gasteiger partial charge in [-0.05, 0) is 43.6 Å². The van der Waals surface area contributed by atoms with Crippen molar-refractivity contribution in [3.63, 3.8) is 0 Å². The van der Waals surface area contributed by atoms with Crippen LogP contribution in [0.3, 0.4) is 0 Å². The van der Waals surface area contributed by atoms with Crippen molar-refractivity contribution in [3.8, 4) is 0 Å². The third kappa shape index (κ3) is 2.58. The molecule has 0 unspecified atom stereocenters. The van der Waals surface area contributed by atoms with Crippen LogP contribution >= 0.6 is 15.9 Å². The van der Waals surface area contributed by atoms with E-state index in [-0.39, 0.29) is 0 Å². The molecule has 0 fully saturated rings. The van der Waals surface area contributed by atoms with Crippen LogP contribution in [-0.2, 0) is 6.54 Å². The van der Waals surface area contributed by atoms with Crippen LogP contribution in [0.4, 0.5) is 0 Å². The van der Waals surface area contributed by atoms with Gasteiger partial charge in [-0.1, -0.05) is 35.0 Å². The van der Waals surface area contributed by atoms with Gasteiger partial charge in [0.2, 0.25) is 0 Å². The highest BCUT2D eigenvalue weighted by atomic mass is 79.9. The van der Waals surface area contributed by atoms with Gasteiger partial charge in [-0.2, -0.15) is 0 Å². The van der Waals surface area contributed by atoms with Crippen molar-refractivity contribution in [2.45, 2.75) is 19.9 Å². The second-order valence-corrected chi connectivity index (χ2v) is 6.16. The van der Waals surface area contributed by atoms with E-state index in [0.29, 0.717) is 0 Å². The molecule has 1 heterocycles. The Morgan fingerprint density at radius 3 is 2.90 bits per heavy atom. The predicted octanol–water partition coefficient (Wildman–Crippen LogP) is 4.32. The molecule has 3 aromatic rings. The number of rotatable bonds is 4. The van der Waals surface area contributed by atoms with E-state index in [9.17, 15) is 0 Å². The van der Waals surface area contributed by atoms with E-state index in [1.807, 2.05) is 0 Å². The molecule has 0 atom stereocenters. The number of aromatic amines is 1. The first-order valence-corrected chi connectivity index (χ1v) is 7.72. The van der Waals surface area contributed by atoms with Gasteiger partial charge in [0.15, 0.2) is 0 Å². The number of benzene rings is 2. The Hall–Kier alpha value is -1.39. The maximum absolute atomic E-state index is 4.78. The Kier molecular flexibility index (Phi) is 3.76. The van der Waals surface area contributed by atoms with Gasteiger partial charge in [-0.15, -0.1) is 0 Å². The number of imidazole rings is 1. The molecule has 0 aliphatic rings. The third-order valence-electron chi connectivity index (χ3n) is 3.50. The van der Waals surface area contributed by atoms with Gasteiger partial charge in [-0.25, -0.2) is 4.98 Å². The topological polar surface area (TPSA) is 31.9 Å². The number of hydrogen-bond donors (Lipinski definition) is 1. The smallest absolute Gasteiger partial charge is 0.121 e. The largest absolute Gasteiger partial charge is 0.341 e. The van der Waals surface area contributed by atoms with Crippen molar-refractivity contribution >= 4 is 37.7 Å². The van der Waals surface area contributed by atoms with Crippen molar-refractivity contribution in [3.05, 3.63) is 40.6 Å². The van der Waals surface area contributed by atoms with Gasteiger partial charge in [0, 0.05) is 9.86 Å². The highest BCUT2D eigenvalue weighted by Gasteiger charge is 2.08. The van der Waals surface area contributed by atoms with Gasteiger partial charge in [0.1, 0.15) is 5.82 Å². The number of fused-ring (bicyclic) bond motifs is 3. The van der Waals surface area contributed by atoms with Crippen molar-refractivity contribution in [1.29, 1.82) is 0 Å². The van der Waals surface area contributed by atoms with Crippen molar-refractivity contribution in [1.82, 2.24) is 14.9 Å². The van der Waals surface area contributed by atoms with Gasteiger partial charge in [0.05, 0.1) is 17.6 Å². The Bertz CT molecular complexity index is 748. The summed E-state index contributed by atoms with van der Waals surface area (Å²) < 4.78 is 1.10. The van der Waals surface area contributed by atoms with Crippen LogP contribution in [0.15, 0.2) is 34.8 Å². The summed E-state index contributed by atoms with van der Waals surface area (Å²) in [4.78, 5) is 10.5. The predicted molar refractivity (Wildman–Crippen MR) is 87.9 cm³/mol. The van der Waals surface area contributed by atoms with E-state index in [1.165, 1.54) is 10.8 Å². The van der Waals surface area contributed by atoms with Gasteiger partial charge in [0.25, 0.3) is 0 Å². The molecule has 0 bridgehead atoms. The number of nitrogens with one attached hydrogen (secondary N) is 1. The fourth-order valence-corrected chi connectivity index (χ4v) is 2.99. The van der Waals surface area contributed by atoms with E-state index >= 15 is 0 Å². The number of aromatic nitrogens is 2. The monoisotopic (exact) mass is 331 g/mol. The first kappa shape index (κ1) is 13.6. The molecule has 20 heavy (non-hydrogen) atoms. The Labute approximate surface area is 127 Å². The molecule has 3 nitrogen and oxygen atoms in total. The zero-order valence-electron chi connectivity index (χ0n) is 11.8. The third-order valence-corrected chi connectivity index (χ3v) is 4.00. The lowest BCUT2D eigenvalue weighted by atomic mass is 10.1. The van der Waals surface area contributed by atoms with Crippen LogP contribution in [0.1, 0.15) is 19.2 Å². The standard InChI is InChI=1S/C16H18BrN3/c1-3-8-20(2)10-15-18-14-7-4-11-9-12(17)5-6-13(11)16(14)19-15/h4-7,9H,3,8,10H2,1-2H3,(H,18,19). The number of halogens is 1. The zero-order chi connectivity index (χ0) is 14.1. The quantitative estimate of drug-likeness (QED) is 0.772. The van der Waals surface area contributed by atoms with E-state index in [2.05, 4.69) is 70.1 Å². The molecular weight excluding hydrogens is 314 g/mol. The van der Waals surface area contributed by atoms with Crippen LogP contribution < -0.4 is 0 Å². The summed E-state index contributed by atoms with van der Waals surface area (Å²) in [6.07, 6.45) is 1.16. The highest BCUT2D eigenvalue weighted by Crippen LogP contribution is 2.26. The minimum absolute atomic E-state index is 0.862. The second kappa shape index (κ2) is 5.54. The molecule has 4 heteroatoms. The van der Waals surface area contributed by atoms with E-state index in [4.69, 9.17) is 4.98 Å². The highest BCUT2D eigenvalue weighted by molar-refractivity contribution is 9.10. The molecular formula is C16H18BrN3. The first-order chi connectivity index (χ1) is 9.67. The molecule has 2 aromatic carbocycles. The van der Waals surface area contributed by atoms with E-state index in [0.717, 1.165) is 40.8 Å². The lowest BCUT2D eigenvalue weighted by Crippen LogP contribution is -2.19.